The van der Waals surface area contributed by atoms with Crippen LogP contribution in [0.1, 0.15) is 28.7 Å². The molecule has 0 N–H and O–H groups in total. The molecule has 0 atom stereocenters. The lowest BCUT2D eigenvalue weighted by molar-refractivity contribution is -0.581. The SMILES string of the molecule is CCOC(=O)c1c(C)cc2onc(C)c2[n+]1[O-]. The predicted molar refractivity (Wildman–Crippen MR) is 58.4 cm³/mol. The van der Waals surface area contributed by atoms with Crippen LogP contribution in [0.3, 0.4) is 0 Å². The van der Waals surface area contributed by atoms with Gasteiger partial charge in [0.25, 0.3) is 5.52 Å². The van der Waals surface area contributed by atoms with Gasteiger partial charge in [-0.25, -0.2) is 4.79 Å². The maximum absolute atomic E-state index is 12.1. The lowest BCUT2D eigenvalue weighted by Gasteiger charge is -2.06. The molecule has 2 rings (SSSR count). The van der Waals surface area contributed by atoms with E-state index in [2.05, 4.69) is 5.16 Å². The summed E-state index contributed by atoms with van der Waals surface area (Å²) in [7, 11) is 0. The van der Waals surface area contributed by atoms with Gasteiger partial charge in [-0.15, -0.1) is 0 Å². The van der Waals surface area contributed by atoms with E-state index in [0.29, 0.717) is 21.6 Å². The van der Waals surface area contributed by atoms with Gasteiger partial charge < -0.3 is 14.5 Å². The lowest BCUT2D eigenvalue weighted by atomic mass is 10.2. The number of pyridine rings is 1. The van der Waals surface area contributed by atoms with E-state index in [4.69, 9.17) is 9.26 Å². The van der Waals surface area contributed by atoms with Gasteiger partial charge in [-0.1, -0.05) is 5.16 Å². The number of carbonyl (C=O) groups excluding carboxylic acids is 1. The molecule has 2 heterocycles. The Morgan fingerprint density at radius 1 is 1.59 bits per heavy atom. The minimum atomic E-state index is -0.637. The normalized spacial score (nSPS) is 10.8. The second-order valence-corrected chi connectivity index (χ2v) is 3.67. The van der Waals surface area contributed by atoms with Gasteiger partial charge in [-0.3, -0.25) is 0 Å². The highest BCUT2D eigenvalue weighted by atomic mass is 16.5. The molecule has 0 saturated carbocycles. The number of aromatic nitrogens is 2. The Morgan fingerprint density at radius 3 is 2.94 bits per heavy atom. The number of fused-ring (bicyclic) bond motifs is 1. The molecule has 2 aromatic rings. The third-order valence-electron chi connectivity index (χ3n) is 2.45. The second kappa shape index (κ2) is 4.04. The Balaban J connectivity index is 2.70. The smallest absolute Gasteiger partial charge is 0.405 e. The Labute approximate surface area is 97.4 Å². The largest absolute Gasteiger partial charge is 0.618 e. The van der Waals surface area contributed by atoms with Crippen LogP contribution in [-0.4, -0.2) is 17.7 Å². The molecule has 0 unspecified atom stereocenters. The zero-order chi connectivity index (χ0) is 12.6. The number of hydrogen-bond acceptors (Lipinski definition) is 5. The van der Waals surface area contributed by atoms with Crippen LogP contribution in [-0.2, 0) is 4.74 Å². The number of esters is 1. The number of aryl methyl sites for hydroxylation is 2. The van der Waals surface area contributed by atoms with Crippen molar-refractivity contribution in [2.45, 2.75) is 20.8 Å². The van der Waals surface area contributed by atoms with Gasteiger partial charge in [-0.2, -0.15) is 4.73 Å². The molecule has 0 aliphatic heterocycles. The zero-order valence-corrected chi connectivity index (χ0v) is 9.81. The first-order valence-corrected chi connectivity index (χ1v) is 5.22. The van der Waals surface area contributed by atoms with Gasteiger partial charge in [-0.05, 0) is 20.8 Å². The fraction of sp³-hybridized carbons (Fsp3) is 0.364. The van der Waals surface area contributed by atoms with Crippen molar-refractivity contribution in [1.29, 1.82) is 0 Å². The van der Waals surface area contributed by atoms with Crippen molar-refractivity contribution in [3.05, 3.63) is 28.2 Å². The number of hydrogen-bond donors (Lipinski definition) is 0. The van der Waals surface area contributed by atoms with Gasteiger partial charge in [0.2, 0.25) is 5.58 Å². The summed E-state index contributed by atoms with van der Waals surface area (Å²) < 4.78 is 10.3. The minimum absolute atomic E-state index is 0.0225. The predicted octanol–water partition coefficient (Wildman–Crippen LogP) is 1.25. The highest BCUT2D eigenvalue weighted by Crippen LogP contribution is 2.17. The molecule has 0 radical (unpaired) electrons. The average molecular weight is 236 g/mol. The van der Waals surface area contributed by atoms with Crippen LogP contribution < -0.4 is 4.73 Å². The molecule has 0 amide bonds. The third kappa shape index (κ3) is 1.71. The Morgan fingerprint density at radius 2 is 2.29 bits per heavy atom. The summed E-state index contributed by atoms with van der Waals surface area (Å²) in [6.45, 7) is 5.20. The molecule has 0 saturated heterocycles. The quantitative estimate of drug-likeness (QED) is 0.445. The summed E-state index contributed by atoms with van der Waals surface area (Å²) in [5.74, 6) is -0.637. The van der Waals surface area contributed by atoms with Crippen LogP contribution in [0, 0.1) is 19.1 Å². The van der Waals surface area contributed by atoms with Gasteiger partial charge in [0.15, 0.2) is 5.69 Å². The topological polar surface area (TPSA) is 79.3 Å². The molecule has 0 aliphatic carbocycles. The minimum Gasteiger partial charge on any atom is -0.618 e. The van der Waals surface area contributed by atoms with E-state index in [1.54, 1.807) is 26.8 Å². The molecule has 6 heteroatoms. The van der Waals surface area contributed by atoms with Crippen LogP contribution >= 0.6 is 0 Å². The number of nitrogens with zero attached hydrogens (tertiary/aromatic N) is 2. The van der Waals surface area contributed by atoms with Crippen molar-refractivity contribution >= 4 is 17.1 Å². The van der Waals surface area contributed by atoms with Crippen LogP contribution in [0.15, 0.2) is 10.6 Å². The van der Waals surface area contributed by atoms with Crippen molar-refractivity contribution in [3.8, 4) is 0 Å². The maximum Gasteiger partial charge on any atom is 0.405 e. The Bertz CT molecular complexity index is 589. The number of carbonyl (C=O) groups is 1. The van der Waals surface area contributed by atoms with Crippen LogP contribution in [0.25, 0.3) is 11.1 Å². The van der Waals surface area contributed by atoms with E-state index in [1.165, 1.54) is 0 Å². The molecular formula is C11H12N2O4. The van der Waals surface area contributed by atoms with Gasteiger partial charge in [0, 0.05) is 11.6 Å². The summed E-state index contributed by atoms with van der Waals surface area (Å²) in [5, 5.41) is 15.8. The van der Waals surface area contributed by atoms with E-state index in [9.17, 15) is 10.0 Å². The molecule has 90 valence electrons. The van der Waals surface area contributed by atoms with E-state index >= 15 is 0 Å². The van der Waals surface area contributed by atoms with Crippen molar-refractivity contribution in [1.82, 2.24) is 5.16 Å². The highest BCUT2D eigenvalue weighted by molar-refractivity contribution is 5.89. The van der Waals surface area contributed by atoms with Gasteiger partial charge in [0.1, 0.15) is 0 Å². The van der Waals surface area contributed by atoms with E-state index < -0.39 is 5.97 Å². The van der Waals surface area contributed by atoms with Crippen LogP contribution in [0.5, 0.6) is 0 Å². The Hall–Kier alpha value is -2.11. The monoisotopic (exact) mass is 236 g/mol. The molecule has 0 bridgehead atoms. The molecule has 17 heavy (non-hydrogen) atoms. The summed E-state index contributed by atoms with van der Waals surface area (Å²) in [5.41, 5.74) is 1.55. The molecule has 6 nitrogen and oxygen atoms in total. The summed E-state index contributed by atoms with van der Waals surface area (Å²) >= 11 is 0. The molecule has 0 aromatic carbocycles. The van der Waals surface area contributed by atoms with E-state index in [-0.39, 0.29) is 17.8 Å². The number of ether oxygens (including phenoxy) is 1. The van der Waals surface area contributed by atoms with Crippen LogP contribution in [0.4, 0.5) is 0 Å². The molecule has 2 aromatic heterocycles. The molecule has 0 fully saturated rings. The molecule has 0 aliphatic rings. The van der Waals surface area contributed by atoms with Crippen molar-refractivity contribution in [2.75, 3.05) is 6.61 Å². The van der Waals surface area contributed by atoms with E-state index in [1.807, 2.05) is 0 Å². The summed E-state index contributed by atoms with van der Waals surface area (Å²) in [4.78, 5) is 11.7. The highest BCUT2D eigenvalue weighted by Gasteiger charge is 2.26. The van der Waals surface area contributed by atoms with Gasteiger partial charge >= 0.3 is 11.7 Å². The first kappa shape index (κ1) is 11.4. The maximum atomic E-state index is 12.1. The zero-order valence-electron chi connectivity index (χ0n) is 9.81. The molecular weight excluding hydrogens is 224 g/mol. The first-order chi connectivity index (χ1) is 8.06. The van der Waals surface area contributed by atoms with Gasteiger partial charge in [0.05, 0.1) is 6.61 Å². The van der Waals surface area contributed by atoms with Crippen molar-refractivity contribution < 1.29 is 18.8 Å². The van der Waals surface area contributed by atoms with Crippen molar-refractivity contribution in [3.63, 3.8) is 0 Å². The lowest BCUT2D eigenvalue weighted by Crippen LogP contribution is -2.37. The summed E-state index contributed by atoms with van der Waals surface area (Å²) in [6, 6.07) is 1.61. The number of rotatable bonds is 2. The average Bonchev–Trinajstić information content (AvgIpc) is 2.60. The van der Waals surface area contributed by atoms with Crippen molar-refractivity contribution in [2.24, 2.45) is 0 Å². The first-order valence-electron chi connectivity index (χ1n) is 5.22. The second-order valence-electron chi connectivity index (χ2n) is 3.67. The fourth-order valence-electron chi connectivity index (χ4n) is 1.70. The molecule has 0 spiro atoms. The van der Waals surface area contributed by atoms with E-state index in [0.717, 1.165) is 0 Å². The fourth-order valence-corrected chi connectivity index (χ4v) is 1.70. The summed E-state index contributed by atoms with van der Waals surface area (Å²) in [6.07, 6.45) is 0. The van der Waals surface area contributed by atoms with Crippen LogP contribution in [0.2, 0.25) is 0 Å². The Kier molecular flexibility index (Phi) is 2.71. The standard InChI is InChI=1S/C11H12N2O4/c1-4-16-11(14)9-6(2)5-8-10(13(9)15)7(3)12-17-8/h5H,4H2,1-3H3. The third-order valence-corrected chi connectivity index (χ3v) is 2.45.